The van der Waals surface area contributed by atoms with Crippen LogP contribution in [0.2, 0.25) is 0 Å². The number of rotatable bonds is 1. The number of nitrogens with zero attached hydrogens (tertiary/aromatic N) is 1. The molecule has 1 N–H and O–H groups in total. The minimum Gasteiger partial charge on any atom is -0.387 e. The standard InChI is InChI=1S/C8H4N2O2S2/c11-8-10-9-7(12-8)6-3-5-4(14-6)1-2-13-5/h1-3H,(H,10,11). The molecule has 0 aliphatic heterocycles. The molecule has 3 aromatic rings. The van der Waals surface area contributed by atoms with Gasteiger partial charge in [0.1, 0.15) is 0 Å². The first-order chi connectivity index (χ1) is 6.83. The number of H-pyrrole nitrogens is 1. The van der Waals surface area contributed by atoms with Crippen molar-refractivity contribution in [1.82, 2.24) is 10.2 Å². The Morgan fingerprint density at radius 1 is 1.43 bits per heavy atom. The molecule has 70 valence electrons. The molecule has 0 saturated heterocycles. The van der Waals surface area contributed by atoms with Gasteiger partial charge in [-0.2, -0.15) is 0 Å². The summed E-state index contributed by atoms with van der Waals surface area (Å²) in [7, 11) is 0. The lowest BCUT2D eigenvalue weighted by atomic mass is 10.4. The van der Waals surface area contributed by atoms with Gasteiger partial charge in [-0.05, 0) is 17.5 Å². The van der Waals surface area contributed by atoms with Gasteiger partial charge in [0.2, 0.25) is 0 Å². The Bertz CT molecular complexity index is 602. The van der Waals surface area contributed by atoms with Gasteiger partial charge < -0.3 is 4.42 Å². The molecule has 0 bridgehead atoms. The Morgan fingerprint density at radius 2 is 2.36 bits per heavy atom. The summed E-state index contributed by atoms with van der Waals surface area (Å²) in [5.74, 6) is -0.153. The molecule has 3 aromatic heterocycles. The van der Waals surface area contributed by atoms with Crippen molar-refractivity contribution in [1.29, 1.82) is 0 Å². The van der Waals surface area contributed by atoms with Crippen LogP contribution in [0, 0.1) is 0 Å². The predicted octanol–water partition coefficient (Wildman–Crippen LogP) is 2.31. The van der Waals surface area contributed by atoms with Crippen molar-refractivity contribution in [2.24, 2.45) is 0 Å². The fourth-order valence-corrected chi connectivity index (χ4v) is 3.24. The summed E-state index contributed by atoms with van der Waals surface area (Å²) in [5.41, 5.74) is 0. The summed E-state index contributed by atoms with van der Waals surface area (Å²) in [6, 6.07) is 4.02. The second-order valence-electron chi connectivity index (χ2n) is 2.68. The highest BCUT2D eigenvalue weighted by Crippen LogP contribution is 2.34. The van der Waals surface area contributed by atoms with Gasteiger partial charge >= 0.3 is 5.76 Å². The minimum atomic E-state index is -0.517. The molecular weight excluding hydrogens is 220 g/mol. The highest BCUT2D eigenvalue weighted by Gasteiger charge is 2.09. The van der Waals surface area contributed by atoms with Crippen LogP contribution in [0.4, 0.5) is 0 Å². The molecule has 0 aromatic carbocycles. The van der Waals surface area contributed by atoms with Gasteiger partial charge in [-0.3, -0.25) is 0 Å². The van der Waals surface area contributed by atoms with Gasteiger partial charge in [0, 0.05) is 9.40 Å². The molecule has 0 amide bonds. The molecule has 0 radical (unpaired) electrons. The number of fused-ring (bicyclic) bond motifs is 1. The summed E-state index contributed by atoms with van der Waals surface area (Å²) in [4.78, 5) is 11.6. The van der Waals surface area contributed by atoms with E-state index in [0.29, 0.717) is 5.89 Å². The third-order valence-corrected chi connectivity index (χ3v) is 3.87. The fourth-order valence-electron chi connectivity index (χ4n) is 1.21. The summed E-state index contributed by atoms with van der Waals surface area (Å²) in [5, 5.41) is 8.05. The lowest BCUT2D eigenvalue weighted by molar-refractivity contribution is 0.528. The quantitative estimate of drug-likeness (QED) is 0.690. The highest BCUT2D eigenvalue weighted by atomic mass is 32.1. The maximum Gasteiger partial charge on any atom is 0.434 e. The Kier molecular flexibility index (Phi) is 1.59. The van der Waals surface area contributed by atoms with Crippen LogP contribution in [0.25, 0.3) is 20.2 Å². The monoisotopic (exact) mass is 224 g/mol. The van der Waals surface area contributed by atoms with Crippen LogP contribution in [0.15, 0.2) is 26.7 Å². The minimum absolute atomic E-state index is 0.364. The SMILES string of the molecule is O=c1[nH]nc(-c2cc3sccc3s2)o1. The van der Waals surface area contributed by atoms with Crippen molar-refractivity contribution in [2.45, 2.75) is 0 Å². The van der Waals surface area contributed by atoms with Crippen LogP contribution >= 0.6 is 22.7 Å². The largest absolute Gasteiger partial charge is 0.434 e. The zero-order chi connectivity index (χ0) is 9.54. The number of hydrogen-bond acceptors (Lipinski definition) is 5. The van der Waals surface area contributed by atoms with Gasteiger partial charge in [0.15, 0.2) is 0 Å². The number of nitrogens with one attached hydrogen (secondary N) is 1. The van der Waals surface area contributed by atoms with E-state index in [2.05, 4.69) is 10.2 Å². The van der Waals surface area contributed by atoms with Crippen molar-refractivity contribution in [2.75, 3.05) is 0 Å². The average Bonchev–Trinajstić information content (AvgIpc) is 2.75. The maximum atomic E-state index is 10.7. The summed E-state index contributed by atoms with van der Waals surface area (Å²) >= 11 is 3.23. The smallest absolute Gasteiger partial charge is 0.387 e. The van der Waals surface area contributed by atoms with Crippen molar-refractivity contribution >= 4 is 32.1 Å². The van der Waals surface area contributed by atoms with Crippen LogP contribution in [-0.2, 0) is 0 Å². The molecular formula is C8H4N2O2S2. The van der Waals surface area contributed by atoms with Crippen LogP contribution in [0.5, 0.6) is 0 Å². The Balaban J connectivity index is 2.23. The number of hydrogen-bond donors (Lipinski definition) is 1. The number of aromatic nitrogens is 2. The molecule has 0 atom stereocenters. The Labute approximate surface area is 85.8 Å². The van der Waals surface area contributed by atoms with E-state index in [0.717, 1.165) is 4.88 Å². The molecule has 0 fully saturated rings. The van der Waals surface area contributed by atoms with E-state index >= 15 is 0 Å². The molecule has 0 aliphatic carbocycles. The first kappa shape index (κ1) is 7.95. The summed E-state index contributed by atoms with van der Waals surface area (Å²) in [6.45, 7) is 0. The van der Waals surface area contributed by atoms with Crippen molar-refractivity contribution in [3.63, 3.8) is 0 Å². The van der Waals surface area contributed by atoms with E-state index in [-0.39, 0.29) is 0 Å². The molecule has 0 aliphatic rings. The first-order valence-electron chi connectivity index (χ1n) is 3.86. The molecule has 6 heteroatoms. The van der Waals surface area contributed by atoms with E-state index in [1.165, 1.54) is 9.40 Å². The zero-order valence-electron chi connectivity index (χ0n) is 6.81. The van der Waals surface area contributed by atoms with E-state index in [1.54, 1.807) is 22.7 Å². The lowest BCUT2D eigenvalue weighted by Gasteiger charge is -1.81. The normalized spacial score (nSPS) is 11.1. The van der Waals surface area contributed by atoms with Crippen LogP contribution < -0.4 is 5.76 Å². The maximum absolute atomic E-state index is 10.7. The van der Waals surface area contributed by atoms with Crippen LogP contribution in [0.1, 0.15) is 0 Å². The predicted molar refractivity (Wildman–Crippen MR) is 55.8 cm³/mol. The van der Waals surface area contributed by atoms with Crippen molar-refractivity contribution < 1.29 is 4.42 Å². The summed E-state index contributed by atoms with van der Waals surface area (Å²) < 4.78 is 7.24. The van der Waals surface area contributed by atoms with E-state index in [9.17, 15) is 4.79 Å². The molecule has 14 heavy (non-hydrogen) atoms. The van der Waals surface area contributed by atoms with Crippen molar-refractivity contribution in [3.05, 3.63) is 28.1 Å². The van der Waals surface area contributed by atoms with E-state index in [4.69, 9.17) is 4.42 Å². The second-order valence-corrected chi connectivity index (χ2v) is 4.71. The van der Waals surface area contributed by atoms with Gasteiger partial charge in [-0.15, -0.1) is 27.8 Å². The highest BCUT2D eigenvalue weighted by molar-refractivity contribution is 7.28. The Morgan fingerprint density at radius 3 is 3.07 bits per heavy atom. The number of thiophene rings is 2. The second kappa shape index (κ2) is 2.79. The van der Waals surface area contributed by atoms with Gasteiger partial charge in [0.05, 0.1) is 4.88 Å². The molecule has 4 nitrogen and oxygen atoms in total. The Hall–Kier alpha value is -1.40. The van der Waals surface area contributed by atoms with Gasteiger partial charge in [-0.1, -0.05) is 0 Å². The number of aromatic amines is 1. The van der Waals surface area contributed by atoms with E-state index < -0.39 is 5.76 Å². The third kappa shape index (κ3) is 1.11. The summed E-state index contributed by atoms with van der Waals surface area (Å²) in [6.07, 6.45) is 0. The molecule has 0 saturated carbocycles. The average molecular weight is 224 g/mol. The van der Waals surface area contributed by atoms with Crippen molar-refractivity contribution in [3.8, 4) is 10.8 Å². The first-order valence-corrected chi connectivity index (χ1v) is 5.55. The molecule has 3 rings (SSSR count). The van der Waals surface area contributed by atoms with Gasteiger partial charge in [-0.25, -0.2) is 9.89 Å². The topological polar surface area (TPSA) is 58.9 Å². The van der Waals surface area contributed by atoms with E-state index in [1.807, 2.05) is 17.5 Å². The zero-order valence-corrected chi connectivity index (χ0v) is 8.45. The van der Waals surface area contributed by atoms with Gasteiger partial charge in [0.25, 0.3) is 5.89 Å². The third-order valence-electron chi connectivity index (χ3n) is 1.79. The lowest BCUT2D eigenvalue weighted by Crippen LogP contribution is -1.93. The molecule has 0 unspecified atom stereocenters. The fraction of sp³-hybridized carbons (Fsp3) is 0. The van der Waals surface area contributed by atoms with Crippen LogP contribution in [0.3, 0.4) is 0 Å². The molecule has 0 spiro atoms. The molecule has 3 heterocycles. The van der Waals surface area contributed by atoms with Crippen LogP contribution in [-0.4, -0.2) is 10.2 Å².